The molecule has 1 N–H and O–H groups in total. The molecule has 2 aliphatic heterocycles. The Kier molecular flexibility index (Phi) is 5.02. The van der Waals surface area contributed by atoms with Gasteiger partial charge in [-0.15, -0.1) is 0 Å². The number of anilines is 1. The summed E-state index contributed by atoms with van der Waals surface area (Å²) >= 11 is 1.65. The van der Waals surface area contributed by atoms with Crippen molar-refractivity contribution in [1.82, 2.24) is 9.66 Å². The van der Waals surface area contributed by atoms with Crippen LogP contribution in [0.1, 0.15) is 29.0 Å². The monoisotopic (exact) mass is 420 g/mol. The zero-order chi connectivity index (χ0) is 20.5. The summed E-state index contributed by atoms with van der Waals surface area (Å²) in [6.45, 7) is 3.10. The van der Waals surface area contributed by atoms with E-state index in [1.807, 2.05) is 54.2 Å². The van der Waals surface area contributed by atoms with Gasteiger partial charge in [0.2, 0.25) is 0 Å². The second-order valence-corrected chi connectivity index (χ2v) is 8.01. The first-order valence-electron chi connectivity index (χ1n) is 9.75. The van der Waals surface area contributed by atoms with Crippen molar-refractivity contribution in [1.29, 1.82) is 0 Å². The minimum atomic E-state index is -0.156. The highest BCUT2D eigenvalue weighted by Gasteiger charge is 2.29. The highest BCUT2D eigenvalue weighted by atomic mass is 32.2. The Labute approximate surface area is 178 Å². The standard InChI is InChI=1S/C22H20N4O3S/c1-2-28-12-16-11-26-22(23-16)30-21(14-6-4-3-5-7-14)20(25-26)15-8-9-18-17(10-15)24-19(27)13-29-18/h3-11,21H,2,12-13H2,1H3,(H,24,27). The third-order valence-corrected chi connectivity index (χ3v) is 6.08. The summed E-state index contributed by atoms with van der Waals surface area (Å²) < 4.78 is 12.8. The van der Waals surface area contributed by atoms with E-state index in [1.54, 1.807) is 11.8 Å². The van der Waals surface area contributed by atoms with Gasteiger partial charge in [-0.2, -0.15) is 5.10 Å². The number of benzene rings is 2. The number of amides is 1. The number of nitrogens with zero attached hydrogens (tertiary/aromatic N) is 3. The van der Waals surface area contributed by atoms with Crippen LogP contribution in [0.3, 0.4) is 0 Å². The second kappa shape index (κ2) is 7.97. The summed E-state index contributed by atoms with van der Waals surface area (Å²) in [5, 5.41) is 8.59. The Hall–Kier alpha value is -3.10. The summed E-state index contributed by atoms with van der Waals surface area (Å²) in [6, 6.07) is 16.0. The molecule has 1 unspecified atom stereocenters. The highest BCUT2D eigenvalue weighted by molar-refractivity contribution is 8.00. The van der Waals surface area contributed by atoms with Gasteiger partial charge in [-0.1, -0.05) is 42.1 Å². The quantitative estimate of drug-likeness (QED) is 0.678. The van der Waals surface area contributed by atoms with Crippen LogP contribution < -0.4 is 10.1 Å². The fourth-order valence-electron chi connectivity index (χ4n) is 3.46. The average molecular weight is 420 g/mol. The van der Waals surface area contributed by atoms with Crippen LogP contribution in [0.4, 0.5) is 5.69 Å². The van der Waals surface area contributed by atoms with Crippen LogP contribution in [-0.2, 0) is 16.1 Å². The summed E-state index contributed by atoms with van der Waals surface area (Å²) in [4.78, 5) is 16.4. The van der Waals surface area contributed by atoms with Gasteiger partial charge in [0.25, 0.3) is 5.91 Å². The number of hydrogen-bond acceptors (Lipinski definition) is 6. The summed E-state index contributed by atoms with van der Waals surface area (Å²) in [7, 11) is 0. The van der Waals surface area contributed by atoms with Crippen LogP contribution in [0.15, 0.2) is 65.0 Å². The predicted octanol–water partition coefficient (Wildman–Crippen LogP) is 3.85. The minimum Gasteiger partial charge on any atom is -0.482 e. The van der Waals surface area contributed by atoms with Gasteiger partial charge < -0.3 is 14.8 Å². The van der Waals surface area contributed by atoms with Crippen LogP contribution in [-0.4, -0.2) is 34.5 Å². The van der Waals surface area contributed by atoms with E-state index in [2.05, 4.69) is 22.4 Å². The van der Waals surface area contributed by atoms with E-state index in [9.17, 15) is 4.79 Å². The molecular formula is C22H20N4O3S. The lowest BCUT2D eigenvalue weighted by molar-refractivity contribution is -0.118. The zero-order valence-corrected chi connectivity index (χ0v) is 17.2. The van der Waals surface area contributed by atoms with Crippen LogP contribution in [0.25, 0.3) is 0 Å². The van der Waals surface area contributed by atoms with E-state index in [0.29, 0.717) is 24.7 Å². The molecule has 0 fully saturated rings. The Morgan fingerprint density at radius 3 is 2.97 bits per heavy atom. The van der Waals surface area contributed by atoms with Crippen LogP contribution in [0.2, 0.25) is 0 Å². The van der Waals surface area contributed by atoms with Crippen molar-refractivity contribution in [3.05, 3.63) is 71.5 Å². The molecule has 0 spiro atoms. The molecule has 5 rings (SSSR count). The third kappa shape index (κ3) is 3.59. The van der Waals surface area contributed by atoms with Gasteiger partial charge in [0.05, 0.1) is 35.1 Å². The van der Waals surface area contributed by atoms with E-state index < -0.39 is 0 Å². The molecule has 0 saturated carbocycles. The Balaban J connectivity index is 1.58. The van der Waals surface area contributed by atoms with Crippen molar-refractivity contribution in [2.45, 2.75) is 23.9 Å². The lowest BCUT2D eigenvalue weighted by Gasteiger charge is -2.25. The number of ether oxygens (including phenoxy) is 2. The van der Waals surface area contributed by atoms with Crippen molar-refractivity contribution >= 4 is 29.1 Å². The van der Waals surface area contributed by atoms with Crippen LogP contribution >= 0.6 is 11.8 Å². The zero-order valence-electron chi connectivity index (χ0n) is 16.4. The van der Waals surface area contributed by atoms with Crippen LogP contribution in [0.5, 0.6) is 5.75 Å². The maximum Gasteiger partial charge on any atom is 0.262 e. The van der Waals surface area contributed by atoms with E-state index in [0.717, 1.165) is 27.7 Å². The average Bonchev–Trinajstić information content (AvgIpc) is 3.18. The summed E-state index contributed by atoms with van der Waals surface area (Å²) in [5.41, 5.74) is 4.46. The Morgan fingerprint density at radius 1 is 1.27 bits per heavy atom. The van der Waals surface area contributed by atoms with Crippen molar-refractivity contribution in [2.24, 2.45) is 5.10 Å². The highest BCUT2D eigenvalue weighted by Crippen LogP contribution is 2.42. The number of fused-ring (bicyclic) bond motifs is 2. The summed E-state index contributed by atoms with van der Waals surface area (Å²) in [5.74, 6) is 0.512. The third-order valence-electron chi connectivity index (χ3n) is 4.86. The number of aromatic nitrogens is 2. The van der Waals surface area contributed by atoms with Gasteiger partial charge in [0.1, 0.15) is 5.75 Å². The Bertz CT molecular complexity index is 1130. The van der Waals surface area contributed by atoms with Crippen molar-refractivity contribution in [2.75, 3.05) is 18.5 Å². The van der Waals surface area contributed by atoms with Crippen molar-refractivity contribution in [3.8, 4) is 5.75 Å². The molecular weight excluding hydrogens is 400 g/mol. The fourth-order valence-corrected chi connectivity index (χ4v) is 4.63. The number of nitrogens with one attached hydrogen (secondary N) is 1. The van der Waals surface area contributed by atoms with Gasteiger partial charge >= 0.3 is 0 Å². The predicted molar refractivity (Wildman–Crippen MR) is 115 cm³/mol. The molecule has 30 heavy (non-hydrogen) atoms. The van der Waals surface area contributed by atoms with Crippen LogP contribution in [0, 0.1) is 0 Å². The normalized spacial score (nSPS) is 17.4. The number of carbonyl (C=O) groups is 1. The molecule has 3 aromatic rings. The van der Waals surface area contributed by atoms with Crippen molar-refractivity contribution in [3.63, 3.8) is 0 Å². The molecule has 0 aliphatic carbocycles. The second-order valence-electron chi connectivity index (χ2n) is 6.94. The number of rotatable bonds is 5. The first kappa shape index (κ1) is 18.9. The van der Waals surface area contributed by atoms with Gasteiger partial charge in [-0.3, -0.25) is 4.79 Å². The van der Waals surface area contributed by atoms with E-state index in [4.69, 9.17) is 14.6 Å². The van der Waals surface area contributed by atoms with E-state index >= 15 is 0 Å². The maximum atomic E-state index is 11.8. The maximum absolute atomic E-state index is 11.8. The molecule has 8 heteroatoms. The van der Waals surface area contributed by atoms with Gasteiger partial charge in [-0.05, 0) is 30.7 Å². The number of hydrogen-bond donors (Lipinski definition) is 1. The molecule has 7 nitrogen and oxygen atoms in total. The van der Waals surface area contributed by atoms with E-state index in [1.165, 1.54) is 0 Å². The molecule has 0 radical (unpaired) electrons. The fraction of sp³-hybridized carbons (Fsp3) is 0.227. The number of thioether (sulfide) groups is 1. The van der Waals surface area contributed by atoms with Crippen molar-refractivity contribution < 1.29 is 14.3 Å². The molecule has 3 heterocycles. The molecule has 1 atom stereocenters. The minimum absolute atomic E-state index is 0.0284. The molecule has 2 aromatic carbocycles. The van der Waals surface area contributed by atoms with Gasteiger partial charge in [0, 0.05) is 12.2 Å². The number of carbonyl (C=O) groups excluding carboxylic acids is 1. The Morgan fingerprint density at radius 2 is 2.13 bits per heavy atom. The lowest BCUT2D eigenvalue weighted by atomic mass is 10.0. The molecule has 1 amide bonds. The first-order chi connectivity index (χ1) is 14.7. The first-order valence-corrected chi connectivity index (χ1v) is 10.6. The molecule has 0 saturated heterocycles. The number of imidazole rings is 1. The topological polar surface area (TPSA) is 77.7 Å². The lowest BCUT2D eigenvalue weighted by Crippen LogP contribution is -2.26. The largest absolute Gasteiger partial charge is 0.482 e. The summed E-state index contributed by atoms with van der Waals surface area (Å²) in [6.07, 6.45) is 1.91. The SMILES string of the molecule is CCOCc1cn2c(n1)SC(c1ccccc1)C(c1ccc3c(c1)NC(=O)CO3)=N2. The molecule has 152 valence electrons. The van der Waals surface area contributed by atoms with Gasteiger partial charge in [0.15, 0.2) is 11.8 Å². The molecule has 2 aliphatic rings. The smallest absolute Gasteiger partial charge is 0.262 e. The van der Waals surface area contributed by atoms with Gasteiger partial charge in [-0.25, -0.2) is 9.66 Å². The molecule has 0 bridgehead atoms. The van der Waals surface area contributed by atoms with E-state index in [-0.39, 0.29) is 17.8 Å². The molecule has 1 aromatic heterocycles.